The summed E-state index contributed by atoms with van der Waals surface area (Å²) >= 11 is 0. The minimum absolute atomic E-state index is 0.0398. The fourth-order valence-corrected chi connectivity index (χ4v) is 5.59. The number of nitrogens with zero attached hydrogens (tertiary/aromatic N) is 3. The van der Waals surface area contributed by atoms with Crippen molar-refractivity contribution in [3.05, 3.63) is 41.5 Å². The van der Waals surface area contributed by atoms with Crippen molar-refractivity contribution in [3.63, 3.8) is 0 Å². The van der Waals surface area contributed by atoms with E-state index >= 15 is 0 Å². The predicted molar refractivity (Wildman–Crippen MR) is 107 cm³/mol. The zero-order valence-electron chi connectivity index (χ0n) is 16.0. The first kappa shape index (κ1) is 19.1. The van der Waals surface area contributed by atoms with Crippen LogP contribution in [0.5, 0.6) is 0 Å². The molecule has 0 aromatic heterocycles. The summed E-state index contributed by atoms with van der Waals surface area (Å²) in [6.07, 6.45) is 1.57. The second-order valence-electron chi connectivity index (χ2n) is 7.44. The van der Waals surface area contributed by atoms with E-state index in [4.69, 9.17) is 4.74 Å². The summed E-state index contributed by atoms with van der Waals surface area (Å²) < 4.78 is 34.8. The van der Waals surface area contributed by atoms with Gasteiger partial charge in [-0.25, -0.2) is 0 Å². The predicted octanol–water partition coefficient (Wildman–Crippen LogP) is 1.73. The number of hydrogen-bond donors (Lipinski definition) is 0. The maximum atomic E-state index is 12.7. The summed E-state index contributed by atoms with van der Waals surface area (Å²) in [5, 5.41) is 0. The molecule has 1 amide bonds. The molecule has 2 saturated heterocycles. The topological polar surface area (TPSA) is 79.3 Å². The van der Waals surface area contributed by atoms with E-state index in [1.807, 2.05) is 34.9 Å². The standard InChI is InChI=1S/C20H25N3O4S/c1-15-18(16-6-3-2-4-7-16)28(25,26)21-19(15)22-9-5-10-23(12-11-22)20(24)17-8-13-27-14-17/h2-4,6-7,17H,5,8-14H2,1H3/t17-/m0/s1. The van der Waals surface area contributed by atoms with E-state index in [1.54, 1.807) is 12.1 Å². The smallest absolute Gasteiger partial charge is 0.285 e. The van der Waals surface area contributed by atoms with Crippen molar-refractivity contribution >= 4 is 26.7 Å². The summed E-state index contributed by atoms with van der Waals surface area (Å²) in [6.45, 7) is 5.48. The van der Waals surface area contributed by atoms with Gasteiger partial charge in [0.1, 0.15) is 10.7 Å². The summed E-state index contributed by atoms with van der Waals surface area (Å²) in [5.74, 6) is 0.622. The Kier molecular flexibility index (Phi) is 5.25. The molecular weight excluding hydrogens is 378 g/mol. The van der Waals surface area contributed by atoms with Gasteiger partial charge in [0.25, 0.3) is 10.0 Å². The lowest BCUT2D eigenvalue weighted by molar-refractivity contribution is -0.135. The Hall–Kier alpha value is -2.19. The normalized spacial score (nSPS) is 25.0. The summed E-state index contributed by atoms with van der Waals surface area (Å²) in [7, 11) is -3.71. The van der Waals surface area contributed by atoms with Crippen LogP contribution < -0.4 is 0 Å². The quantitative estimate of drug-likeness (QED) is 0.751. The third kappa shape index (κ3) is 3.58. The average molecular weight is 404 g/mol. The fourth-order valence-electron chi connectivity index (χ4n) is 4.11. The number of ether oxygens (including phenoxy) is 1. The van der Waals surface area contributed by atoms with Crippen LogP contribution in [0.3, 0.4) is 0 Å². The fraction of sp³-hybridized carbons (Fsp3) is 0.500. The van der Waals surface area contributed by atoms with E-state index in [9.17, 15) is 13.2 Å². The van der Waals surface area contributed by atoms with Crippen LogP contribution in [-0.4, -0.2) is 69.4 Å². The molecule has 0 bridgehead atoms. The van der Waals surface area contributed by atoms with Crippen LogP contribution in [0.25, 0.3) is 4.91 Å². The first-order valence-corrected chi connectivity index (χ1v) is 11.1. The second-order valence-corrected chi connectivity index (χ2v) is 8.98. The van der Waals surface area contributed by atoms with Crippen LogP contribution in [0, 0.1) is 5.92 Å². The van der Waals surface area contributed by atoms with Gasteiger partial charge in [0, 0.05) is 38.4 Å². The first-order valence-electron chi connectivity index (χ1n) is 9.70. The van der Waals surface area contributed by atoms with Crippen LogP contribution in [0.15, 0.2) is 40.3 Å². The van der Waals surface area contributed by atoms with E-state index in [1.165, 1.54) is 0 Å². The third-order valence-corrected chi connectivity index (χ3v) is 7.03. The molecule has 3 aliphatic heterocycles. The molecular formula is C20H25N3O4S. The van der Waals surface area contributed by atoms with Gasteiger partial charge < -0.3 is 14.5 Å². The van der Waals surface area contributed by atoms with Gasteiger partial charge in [0.15, 0.2) is 0 Å². The number of benzene rings is 1. The summed E-state index contributed by atoms with van der Waals surface area (Å²) in [6, 6.07) is 9.10. The zero-order chi connectivity index (χ0) is 19.7. The maximum absolute atomic E-state index is 12.7. The summed E-state index contributed by atoms with van der Waals surface area (Å²) in [4.78, 5) is 16.8. The molecule has 3 heterocycles. The Morgan fingerprint density at radius 1 is 1.14 bits per heavy atom. The number of sulfonamides is 1. The van der Waals surface area contributed by atoms with Crippen molar-refractivity contribution in [2.45, 2.75) is 19.8 Å². The second kappa shape index (κ2) is 7.67. The van der Waals surface area contributed by atoms with Crippen molar-refractivity contribution in [3.8, 4) is 0 Å². The van der Waals surface area contributed by atoms with Crippen LogP contribution in [0.1, 0.15) is 25.3 Å². The van der Waals surface area contributed by atoms with Crippen LogP contribution in [0.4, 0.5) is 0 Å². The Labute approximate surface area is 165 Å². The van der Waals surface area contributed by atoms with Gasteiger partial charge in [-0.1, -0.05) is 30.3 Å². The Morgan fingerprint density at radius 2 is 1.93 bits per heavy atom. The molecule has 1 atom stereocenters. The molecule has 1 aromatic rings. The lowest BCUT2D eigenvalue weighted by Crippen LogP contribution is -2.40. The number of carbonyl (C=O) groups is 1. The monoisotopic (exact) mass is 403 g/mol. The molecule has 8 heteroatoms. The SMILES string of the molecule is CC1=C(c2ccccc2)S(=O)(=O)N=C1N1CCCN(C(=O)[C@H]2CCOC2)CC1. The molecule has 2 fully saturated rings. The molecule has 4 rings (SSSR count). The van der Waals surface area contributed by atoms with Gasteiger partial charge in [0.05, 0.1) is 12.5 Å². The van der Waals surface area contributed by atoms with Crippen LogP contribution >= 0.6 is 0 Å². The number of amidine groups is 1. The van der Waals surface area contributed by atoms with Crippen molar-refractivity contribution in [2.75, 3.05) is 39.4 Å². The van der Waals surface area contributed by atoms with Crippen molar-refractivity contribution in [1.29, 1.82) is 0 Å². The van der Waals surface area contributed by atoms with Gasteiger partial charge >= 0.3 is 0 Å². The summed E-state index contributed by atoms with van der Waals surface area (Å²) in [5.41, 5.74) is 1.33. The molecule has 0 radical (unpaired) electrons. The van der Waals surface area contributed by atoms with Gasteiger partial charge in [0.2, 0.25) is 5.91 Å². The number of hydrogen-bond acceptors (Lipinski definition) is 5. The molecule has 0 aliphatic carbocycles. The highest BCUT2D eigenvalue weighted by molar-refractivity contribution is 8.00. The number of carbonyl (C=O) groups excluding carboxylic acids is 1. The lowest BCUT2D eigenvalue weighted by Gasteiger charge is -2.25. The van der Waals surface area contributed by atoms with Gasteiger partial charge in [-0.05, 0) is 25.3 Å². The maximum Gasteiger partial charge on any atom is 0.285 e. The minimum Gasteiger partial charge on any atom is -0.381 e. The van der Waals surface area contributed by atoms with Gasteiger partial charge in [-0.3, -0.25) is 4.79 Å². The Bertz CT molecular complexity index is 918. The Morgan fingerprint density at radius 3 is 2.64 bits per heavy atom. The molecule has 28 heavy (non-hydrogen) atoms. The van der Waals surface area contributed by atoms with E-state index in [0.29, 0.717) is 56.4 Å². The molecule has 0 spiro atoms. The van der Waals surface area contributed by atoms with E-state index in [-0.39, 0.29) is 16.7 Å². The highest BCUT2D eigenvalue weighted by atomic mass is 32.2. The van der Waals surface area contributed by atoms with Crippen molar-refractivity contribution in [1.82, 2.24) is 9.80 Å². The highest BCUT2D eigenvalue weighted by Crippen LogP contribution is 2.33. The Balaban J connectivity index is 1.53. The van der Waals surface area contributed by atoms with Gasteiger partial charge in [-0.2, -0.15) is 8.42 Å². The number of rotatable bonds is 2. The van der Waals surface area contributed by atoms with E-state index < -0.39 is 10.0 Å². The van der Waals surface area contributed by atoms with E-state index in [2.05, 4.69) is 4.40 Å². The highest BCUT2D eigenvalue weighted by Gasteiger charge is 2.35. The zero-order valence-corrected chi connectivity index (χ0v) is 16.8. The van der Waals surface area contributed by atoms with Gasteiger partial charge in [-0.15, -0.1) is 4.40 Å². The molecule has 3 aliphatic rings. The molecule has 0 saturated carbocycles. The minimum atomic E-state index is -3.71. The molecule has 0 N–H and O–H groups in total. The van der Waals surface area contributed by atoms with Crippen LogP contribution in [0.2, 0.25) is 0 Å². The molecule has 1 aromatic carbocycles. The van der Waals surface area contributed by atoms with E-state index in [0.717, 1.165) is 12.8 Å². The average Bonchev–Trinajstić information content (AvgIpc) is 3.21. The van der Waals surface area contributed by atoms with Crippen molar-refractivity contribution in [2.24, 2.45) is 10.3 Å². The first-order chi connectivity index (χ1) is 13.5. The van der Waals surface area contributed by atoms with Crippen molar-refractivity contribution < 1.29 is 17.9 Å². The van der Waals surface area contributed by atoms with Crippen LogP contribution in [-0.2, 0) is 19.6 Å². The lowest BCUT2D eigenvalue weighted by atomic mass is 10.1. The number of amides is 1. The molecule has 150 valence electrons. The molecule has 0 unspecified atom stereocenters. The molecule has 7 nitrogen and oxygen atoms in total. The third-order valence-electron chi connectivity index (χ3n) is 5.56. The largest absolute Gasteiger partial charge is 0.381 e.